The molecule has 2 atom stereocenters. The van der Waals surface area contributed by atoms with Gasteiger partial charge in [-0.3, -0.25) is 4.79 Å². The van der Waals surface area contributed by atoms with E-state index in [1.165, 1.54) is 0 Å². The van der Waals surface area contributed by atoms with E-state index in [0.717, 1.165) is 6.54 Å². The lowest BCUT2D eigenvalue weighted by atomic mass is 9.94. The van der Waals surface area contributed by atoms with E-state index in [1.54, 1.807) is 6.92 Å². The van der Waals surface area contributed by atoms with E-state index in [2.05, 4.69) is 4.90 Å². The highest BCUT2D eigenvalue weighted by molar-refractivity contribution is 5.77. The first-order valence-corrected chi connectivity index (χ1v) is 6.01. The maximum atomic E-state index is 10.9. The summed E-state index contributed by atoms with van der Waals surface area (Å²) in [6.07, 6.45) is 0.637. The number of likely N-dealkylation sites (N-methyl/N-ethyl adjacent to an activating group) is 1. The van der Waals surface area contributed by atoms with Crippen molar-refractivity contribution in [3.8, 4) is 0 Å². The Morgan fingerprint density at radius 1 is 1.47 bits per heavy atom. The molecule has 0 saturated carbocycles. The summed E-state index contributed by atoms with van der Waals surface area (Å²) in [4.78, 5) is 13.0. The lowest BCUT2D eigenvalue weighted by Gasteiger charge is -2.30. The maximum Gasteiger partial charge on any atom is 0.323 e. The van der Waals surface area contributed by atoms with Gasteiger partial charge in [0.25, 0.3) is 0 Å². The summed E-state index contributed by atoms with van der Waals surface area (Å²) in [7, 11) is 1.95. The van der Waals surface area contributed by atoms with Gasteiger partial charge >= 0.3 is 5.97 Å². The summed E-state index contributed by atoms with van der Waals surface area (Å²) < 4.78 is 5.45. The van der Waals surface area contributed by atoms with Gasteiger partial charge < -0.3 is 20.5 Å². The molecular weight excluding hydrogens is 220 g/mol. The van der Waals surface area contributed by atoms with Crippen molar-refractivity contribution < 1.29 is 14.6 Å². The average Bonchev–Trinajstić information content (AvgIpc) is 2.15. The van der Waals surface area contributed by atoms with E-state index >= 15 is 0 Å². The molecule has 0 aromatic carbocycles. The highest BCUT2D eigenvalue weighted by Crippen LogP contribution is 2.13. The quantitative estimate of drug-likeness (QED) is 0.666. The van der Waals surface area contributed by atoms with E-state index in [-0.39, 0.29) is 12.1 Å². The van der Waals surface area contributed by atoms with Crippen LogP contribution in [-0.2, 0) is 9.53 Å². The number of rotatable bonds is 8. The number of nitrogens with zero attached hydrogens (tertiary/aromatic N) is 1. The molecule has 2 unspecified atom stereocenters. The predicted octanol–water partition coefficient (Wildman–Crippen LogP) is 0.924. The van der Waals surface area contributed by atoms with Gasteiger partial charge in [-0.1, -0.05) is 0 Å². The van der Waals surface area contributed by atoms with Crippen molar-refractivity contribution in [3.63, 3.8) is 0 Å². The molecule has 0 aliphatic heterocycles. The van der Waals surface area contributed by atoms with Crippen LogP contribution in [-0.4, -0.2) is 53.9 Å². The van der Waals surface area contributed by atoms with Gasteiger partial charge in [0, 0.05) is 12.6 Å². The molecule has 0 radical (unpaired) electrons. The fraction of sp³-hybridized carbons (Fsp3) is 0.917. The van der Waals surface area contributed by atoms with E-state index < -0.39 is 11.5 Å². The van der Waals surface area contributed by atoms with Crippen molar-refractivity contribution in [3.05, 3.63) is 0 Å². The largest absolute Gasteiger partial charge is 0.480 e. The number of carbonyl (C=O) groups is 1. The van der Waals surface area contributed by atoms with Crippen LogP contribution in [0.4, 0.5) is 0 Å². The minimum Gasteiger partial charge on any atom is -0.480 e. The summed E-state index contributed by atoms with van der Waals surface area (Å²) in [6.45, 7) is 8.92. The predicted molar refractivity (Wildman–Crippen MR) is 68.0 cm³/mol. The molecule has 5 nitrogen and oxygen atoms in total. The molecule has 102 valence electrons. The fourth-order valence-electron chi connectivity index (χ4n) is 1.51. The zero-order valence-corrected chi connectivity index (χ0v) is 11.6. The molecule has 0 aliphatic carbocycles. The highest BCUT2D eigenvalue weighted by Gasteiger charge is 2.30. The summed E-state index contributed by atoms with van der Waals surface area (Å²) >= 11 is 0. The minimum atomic E-state index is -1.17. The van der Waals surface area contributed by atoms with Crippen molar-refractivity contribution in [2.75, 3.05) is 20.2 Å². The van der Waals surface area contributed by atoms with Crippen molar-refractivity contribution in [2.45, 2.75) is 51.8 Å². The van der Waals surface area contributed by atoms with Gasteiger partial charge in [-0.25, -0.2) is 0 Å². The molecule has 0 heterocycles. The third-order valence-electron chi connectivity index (χ3n) is 2.86. The monoisotopic (exact) mass is 246 g/mol. The Bertz CT molecular complexity index is 242. The average molecular weight is 246 g/mol. The van der Waals surface area contributed by atoms with Crippen molar-refractivity contribution in [1.82, 2.24) is 4.90 Å². The van der Waals surface area contributed by atoms with Crippen LogP contribution >= 0.6 is 0 Å². The van der Waals surface area contributed by atoms with Gasteiger partial charge in [0.15, 0.2) is 0 Å². The second-order valence-electron chi connectivity index (χ2n) is 5.18. The third kappa shape index (κ3) is 6.61. The van der Waals surface area contributed by atoms with E-state index in [4.69, 9.17) is 15.6 Å². The van der Waals surface area contributed by atoms with E-state index in [1.807, 2.05) is 27.8 Å². The normalized spacial score (nSPS) is 17.2. The van der Waals surface area contributed by atoms with Crippen LogP contribution in [0, 0.1) is 0 Å². The molecule has 0 fully saturated rings. The lowest BCUT2D eigenvalue weighted by Crippen LogP contribution is -2.50. The molecule has 0 saturated heterocycles. The summed E-state index contributed by atoms with van der Waals surface area (Å²) in [5.41, 5.74) is 4.54. The standard InChI is InChI=1S/C12H26N2O3/c1-9(2)17-7-6-14(5)10(3)8-12(4,13)11(15)16/h9-10H,6-8,13H2,1-5H3,(H,15,16). The molecule has 5 heteroatoms. The topological polar surface area (TPSA) is 75.8 Å². The first-order chi connectivity index (χ1) is 7.66. The second kappa shape index (κ2) is 6.93. The van der Waals surface area contributed by atoms with Crippen molar-refractivity contribution in [1.29, 1.82) is 0 Å². The summed E-state index contributed by atoms with van der Waals surface area (Å²) in [5.74, 6) is -0.962. The van der Waals surface area contributed by atoms with Crippen LogP contribution in [0.3, 0.4) is 0 Å². The maximum absolute atomic E-state index is 10.9. The summed E-state index contributed by atoms with van der Waals surface area (Å²) in [5, 5.41) is 8.95. The first-order valence-electron chi connectivity index (χ1n) is 6.01. The molecular formula is C12H26N2O3. The van der Waals surface area contributed by atoms with Crippen molar-refractivity contribution >= 4 is 5.97 Å². The Labute approximate surface area is 104 Å². The van der Waals surface area contributed by atoms with Crippen LogP contribution in [0.25, 0.3) is 0 Å². The highest BCUT2D eigenvalue weighted by atomic mass is 16.5. The van der Waals surface area contributed by atoms with Crippen LogP contribution in [0.5, 0.6) is 0 Å². The molecule has 0 spiro atoms. The Hall–Kier alpha value is -0.650. The number of carboxylic acids is 1. The fourth-order valence-corrected chi connectivity index (χ4v) is 1.51. The number of hydrogen-bond donors (Lipinski definition) is 2. The Morgan fingerprint density at radius 3 is 2.41 bits per heavy atom. The van der Waals surface area contributed by atoms with Gasteiger partial charge in [0.2, 0.25) is 0 Å². The van der Waals surface area contributed by atoms with E-state index in [9.17, 15) is 4.79 Å². The van der Waals surface area contributed by atoms with Gasteiger partial charge in [-0.2, -0.15) is 0 Å². The van der Waals surface area contributed by atoms with Crippen LogP contribution in [0.15, 0.2) is 0 Å². The number of carboxylic acid groups (broad SMARTS) is 1. The molecule has 3 N–H and O–H groups in total. The lowest BCUT2D eigenvalue weighted by molar-refractivity contribution is -0.143. The third-order valence-corrected chi connectivity index (χ3v) is 2.86. The molecule has 0 aromatic rings. The van der Waals surface area contributed by atoms with Gasteiger partial charge in [0.05, 0.1) is 12.7 Å². The van der Waals surface area contributed by atoms with Crippen LogP contribution < -0.4 is 5.73 Å². The Morgan fingerprint density at radius 2 is 2.00 bits per heavy atom. The molecule has 0 amide bonds. The summed E-state index contributed by atoms with van der Waals surface area (Å²) in [6, 6.07) is 0.108. The number of nitrogens with two attached hydrogens (primary N) is 1. The number of hydrogen-bond acceptors (Lipinski definition) is 4. The second-order valence-corrected chi connectivity index (χ2v) is 5.18. The van der Waals surface area contributed by atoms with Gasteiger partial charge in [-0.15, -0.1) is 0 Å². The van der Waals surface area contributed by atoms with Gasteiger partial charge in [-0.05, 0) is 41.2 Å². The zero-order valence-electron chi connectivity index (χ0n) is 11.6. The molecule has 0 bridgehead atoms. The Kier molecular flexibility index (Phi) is 6.67. The van der Waals surface area contributed by atoms with Crippen LogP contribution in [0.1, 0.15) is 34.1 Å². The SMILES string of the molecule is CC(C)OCCN(C)C(C)CC(C)(N)C(=O)O. The van der Waals surface area contributed by atoms with Crippen LogP contribution in [0.2, 0.25) is 0 Å². The van der Waals surface area contributed by atoms with Crippen molar-refractivity contribution in [2.24, 2.45) is 5.73 Å². The Balaban J connectivity index is 4.05. The smallest absolute Gasteiger partial charge is 0.323 e. The number of ether oxygens (including phenoxy) is 1. The molecule has 0 aliphatic rings. The molecule has 0 rings (SSSR count). The minimum absolute atomic E-state index is 0.108. The van der Waals surface area contributed by atoms with Gasteiger partial charge in [0.1, 0.15) is 5.54 Å². The molecule has 17 heavy (non-hydrogen) atoms. The number of aliphatic carboxylic acids is 1. The first kappa shape index (κ1) is 16.4. The zero-order chi connectivity index (χ0) is 13.6. The molecule has 0 aromatic heterocycles. The van der Waals surface area contributed by atoms with E-state index in [0.29, 0.717) is 13.0 Å².